The average Bonchev–Trinajstić information content (AvgIpc) is 3.30. The molecule has 7 N–H and O–H groups in total. The minimum absolute atomic E-state index is 0.0232. The van der Waals surface area contributed by atoms with Gasteiger partial charge in [0.25, 0.3) is 42.2 Å². The predicted octanol–water partition coefficient (Wildman–Crippen LogP) is 4.74. The molecular weight excluding hydrogens is 709 g/mol. The number of hydrogen-bond donors (Lipinski definition) is 6. The van der Waals surface area contributed by atoms with Crippen molar-refractivity contribution in [1.29, 1.82) is 0 Å². The van der Waals surface area contributed by atoms with Crippen LogP contribution in [-0.2, 0) is 30.4 Å². The number of nitrogens with one attached hydrogen (secondary N) is 1. The van der Waals surface area contributed by atoms with Crippen LogP contribution in [0.3, 0.4) is 0 Å². The van der Waals surface area contributed by atoms with Crippen LogP contribution in [-0.4, -0.2) is 55.8 Å². The Bertz CT molecular complexity index is 2730. The number of carbonyl (C=O) groups is 2. The first kappa shape index (κ1) is 33.2. The van der Waals surface area contributed by atoms with Crippen LogP contribution in [0.15, 0.2) is 102 Å². The van der Waals surface area contributed by atoms with Gasteiger partial charge < -0.3 is 10.8 Å². The number of fused-ring (bicyclic) bond motifs is 3. The maximum Gasteiger partial charge on any atom is 0.296 e. The molecule has 0 saturated carbocycles. The first-order valence-corrected chi connectivity index (χ1v) is 17.6. The summed E-state index contributed by atoms with van der Waals surface area (Å²) in [5.41, 5.74) is 4.76. The fourth-order valence-corrected chi connectivity index (χ4v) is 6.77. The van der Waals surface area contributed by atoms with E-state index < -0.39 is 74.0 Å². The molecule has 1 heterocycles. The highest BCUT2D eigenvalue weighted by molar-refractivity contribution is 7.86. The highest BCUT2D eigenvalue weighted by Crippen LogP contribution is 2.44. The number of amides is 2. The molecule has 0 saturated heterocycles. The number of nitrogens with two attached hydrogens (primary N) is 1. The molecule has 1 aliphatic rings. The second-order valence-electron chi connectivity index (χ2n) is 10.3. The molecule has 0 aliphatic carbocycles. The van der Waals surface area contributed by atoms with Gasteiger partial charge in [0.2, 0.25) is 0 Å². The molecule has 0 unspecified atom stereocenters. The Morgan fingerprint density at radius 2 is 1.20 bits per heavy atom. The lowest BCUT2D eigenvalue weighted by Gasteiger charge is -2.11. The summed E-state index contributed by atoms with van der Waals surface area (Å²) in [6.45, 7) is 0. The number of benzene rings is 5. The summed E-state index contributed by atoms with van der Waals surface area (Å²) in [5.74, 6) is -2.10. The van der Waals surface area contributed by atoms with Gasteiger partial charge in [-0.3, -0.25) is 28.6 Å². The molecule has 5 aromatic rings. The molecule has 0 radical (unpaired) electrons. The van der Waals surface area contributed by atoms with Crippen molar-refractivity contribution in [2.45, 2.75) is 14.7 Å². The van der Waals surface area contributed by atoms with E-state index in [1.807, 2.05) is 0 Å². The van der Waals surface area contributed by atoms with E-state index in [2.05, 4.69) is 25.8 Å². The van der Waals surface area contributed by atoms with Gasteiger partial charge in [0.15, 0.2) is 5.75 Å². The standard InChI is InChI=1S/C28H18N6O12S3/c29-20-11-17-12(7-23(20)48(41,42)43)8-24(49(44,45)46)25(26(17)35)34-33-22-6-5-21(15-4-2-14(10-18(15)22)47(38,39)40)32-31-13-1-3-16-19(9-13)28(37)30-27(16)36/h1-11,35H,29H2,(H,30,36,37)(H,38,39,40)(H,41,42,43)(H,44,45,46). The van der Waals surface area contributed by atoms with Crippen LogP contribution < -0.4 is 11.1 Å². The number of nitrogen functional groups attached to an aromatic ring is 1. The maximum atomic E-state index is 12.3. The Morgan fingerprint density at radius 1 is 0.592 bits per heavy atom. The Labute approximate surface area is 274 Å². The lowest BCUT2D eigenvalue weighted by atomic mass is 10.1. The molecule has 2 amide bonds. The molecule has 0 aromatic heterocycles. The Balaban J connectivity index is 1.50. The summed E-state index contributed by atoms with van der Waals surface area (Å²) in [7, 11) is -14.8. The van der Waals surface area contributed by atoms with Crippen LogP contribution in [0, 0.1) is 0 Å². The zero-order valence-corrected chi connectivity index (χ0v) is 26.4. The maximum absolute atomic E-state index is 12.3. The van der Waals surface area contributed by atoms with Crippen LogP contribution in [0.4, 0.5) is 28.4 Å². The number of phenols is 1. The molecule has 1 aliphatic heterocycles. The number of imide groups is 1. The average molecular weight is 727 g/mol. The van der Waals surface area contributed by atoms with Crippen LogP contribution in [0.2, 0.25) is 0 Å². The van der Waals surface area contributed by atoms with E-state index in [0.29, 0.717) is 0 Å². The van der Waals surface area contributed by atoms with Gasteiger partial charge in [-0.2, -0.15) is 30.4 Å². The lowest BCUT2D eigenvalue weighted by Crippen LogP contribution is -2.19. The van der Waals surface area contributed by atoms with Crippen molar-refractivity contribution in [1.82, 2.24) is 5.32 Å². The SMILES string of the molecule is Nc1cc2c(O)c(N=Nc3ccc(N=Nc4ccc5c(c4)C(=O)NC5=O)c4ccc(S(=O)(=O)O)cc34)c(S(=O)(=O)O)cc2cc1S(=O)(=O)O. The number of hydrogen-bond acceptors (Lipinski definition) is 14. The van der Waals surface area contributed by atoms with Gasteiger partial charge in [-0.1, -0.05) is 6.07 Å². The molecule has 0 fully saturated rings. The molecular formula is C28H18N6O12S3. The second kappa shape index (κ2) is 11.5. The molecule has 49 heavy (non-hydrogen) atoms. The predicted molar refractivity (Wildman–Crippen MR) is 170 cm³/mol. The highest BCUT2D eigenvalue weighted by atomic mass is 32.2. The monoisotopic (exact) mass is 726 g/mol. The Kier molecular flexibility index (Phi) is 7.77. The van der Waals surface area contributed by atoms with Crippen molar-refractivity contribution in [3.05, 3.63) is 77.9 Å². The summed E-state index contributed by atoms with van der Waals surface area (Å²) in [4.78, 5) is 21.5. The van der Waals surface area contributed by atoms with Crippen molar-refractivity contribution < 1.29 is 53.6 Å². The fraction of sp³-hybridized carbons (Fsp3) is 0. The van der Waals surface area contributed by atoms with Gasteiger partial charge in [0.05, 0.1) is 38.8 Å². The molecule has 6 rings (SSSR count). The zero-order chi connectivity index (χ0) is 35.6. The second-order valence-corrected chi connectivity index (χ2v) is 14.5. The number of aromatic hydroxyl groups is 1. The summed E-state index contributed by atoms with van der Waals surface area (Å²) >= 11 is 0. The van der Waals surface area contributed by atoms with Crippen LogP contribution in [0.5, 0.6) is 5.75 Å². The quantitative estimate of drug-likeness (QED) is 0.0572. The number of carbonyl (C=O) groups excluding carboxylic acids is 2. The molecule has 0 bridgehead atoms. The van der Waals surface area contributed by atoms with Crippen molar-refractivity contribution in [3.63, 3.8) is 0 Å². The van der Waals surface area contributed by atoms with E-state index in [1.54, 1.807) is 0 Å². The van der Waals surface area contributed by atoms with Crippen molar-refractivity contribution in [2.24, 2.45) is 20.5 Å². The zero-order valence-electron chi connectivity index (χ0n) is 24.0. The van der Waals surface area contributed by atoms with E-state index in [4.69, 9.17) is 5.73 Å². The third-order valence-corrected chi connectivity index (χ3v) is 9.85. The van der Waals surface area contributed by atoms with E-state index >= 15 is 0 Å². The van der Waals surface area contributed by atoms with E-state index in [0.717, 1.165) is 30.3 Å². The third kappa shape index (κ3) is 6.19. The number of azo groups is 2. The van der Waals surface area contributed by atoms with Gasteiger partial charge in [0.1, 0.15) is 15.5 Å². The summed E-state index contributed by atoms with van der Waals surface area (Å²) in [6, 6.07) is 12.5. The van der Waals surface area contributed by atoms with E-state index in [-0.39, 0.29) is 49.7 Å². The van der Waals surface area contributed by atoms with Crippen LogP contribution in [0.25, 0.3) is 21.5 Å². The number of rotatable bonds is 7. The normalized spacial score (nSPS) is 13.9. The summed E-state index contributed by atoms with van der Waals surface area (Å²) < 4.78 is 101. The highest BCUT2D eigenvalue weighted by Gasteiger charge is 2.27. The van der Waals surface area contributed by atoms with Gasteiger partial charge in [-0.25, -0.2) is 0 Å². The summed E-state index contributed by atoms with van der Waals surface area (Å²) in [5, 5.41) is 28.8. The molecule has 21 heteroatoms. The third-order valence-electron chi connectivity index (χ3n) is 7.23. The first-order valence-electron chi connectivity index (χ1n) is 13.2. The smallest absolute Gasteiger partial charge is 0.296 e. The van der Waals surface area contributed by atoms with Gasteiger partial charge in [0, 0.05) is 16.2 Å². The first-order chi connectivity index (χ1) is 22.8. The topological polar surface area (TPSA) is 305 Å². The van der Waals surface area contributed by atoms with Gasteiger partial charge in [-0.05, 0) is 66.0 Å². The van der Waals surface area contributed by atoms with E-state index in [9.17, 15) is 53.6 Å². The Morgan fingerprint density at radius 3 is 1.86 bits per heavy atom. The Hall–Kier alpha value is -5.71. The van der Waals surface area contributed by atoms with Crippen molar-refractivity contribution in [3.8, 4) is 5.75 Å². The largest absolute Gasteiger partial charge is 0.505 e. The summed E-state index contributed by atoms with van der Waals surface area (Å²) in [6.07, 6.45) is 0. The van der Waals surface area contributed by atoms with Crippen LogP contribution >= 0.6 is 0 Å². The molecule has 5 aromatic carbocycles. The minimum atomic E-state index is -5.17. The number of phenolic OH excluding ortho intramolecular Hbond substituents is 1. The number of nitrogens with zero attached hydrogens (tertiary/aromatic N) is 4. The lowest BCUT2D eigenvalue weighted by molar-refractivity contribution is 0.0879. The van der Waals surface area contributed by atoms with E-state index in [1.165, 1.54) is 36.4 Å². The molecule has 18 nitrogen and oxygen atoms in total. The van der Waals surface area contributed by atoms with Gasteiger partial charge in [-0.15, -0.1) is 15.3 Å². The molecule has 0 atom stereocenters. The van der Waals surface area contributed by atoms with Crippen molar-refractivity contribution in [2.75, 3.05) is 5.73 Å². The van der Waals surface area contributed by atoms with Crippen LogP contribution in [0.1, 0.15) is 20.7 Å². The molecule has 0 spiro atoms. The van der Waals surface area contributed by atoms with Gasteiger partial charge >= 0.3 is 0 Å². The molecule has 250 valence electrons. The number of anilines is 1. The minimum Gasteiger partial charge on any atom is -0.505 e. The fourth-order valence-electron chi connectivity index (χ4n) is 4.97. The van der Waals surface area contributed by atoms with Crippen molar-refractivity contribution >= 4 is 92.2 Å².